The predicted molar refractivity (Wildman–Crippen MR) is 95.0 cm³/mol. The Kier molecular flexibility index (Phi) is 5.24. The summed E-state index contributed by atoms with van der Waals surface area (Å²) in [5.74, 6) is -0.126. The van der Waals surface area contributed by atoms with Crippen LogP contribution < -0.4 is 14.4 Å². The van der Waals surface area contributed by atoms with Crippen molar-refractivity contribution in [2.45, 2.75) is 24.3 Å². The number of carbonyl (C=O) groups excluding carboxylic acids is 1. The van der Waals surface area contributed by atoms with Gasteiger partial charge >= 0.3 is 0 Å². The summed E-state index contributed by atoms with van der Waals surface area (Å²) in [7, 11) is -2.42. The lowest BCUT2D eigenvalue weighted by atomic mass is 10.2. The number of carbonyl (C=O) groups is 1. The molecule has 0 aromatic heterocycles. The Balaban J connectivity index is 1.87. The largest absolute Gasteiger partial charge is 0.495 e. The molecule has 1 aliphatic heterocycles. The molecule has 8 heteroatoms. The van der Waals surface area contributed by atoms with Crippen molar-refractivity contribution in [3.63, 3.8) is 0 Å². The minimum Gasteiger partial charge on any atom is -0.495 e. The van der Waals surface area contributed by atoms with Crippen LogP contribution in [-0.2, 0) is 21.4 Å². The van der Waals surface area contributed by atoms with Gasteiger partial charge in [-0.25, -0.2) is 17.5 Å². The summed E-state index contributed by atoms with van der Waals surface area (Å²) >= 11 is 0. The zero-order valence-corrected chi connectivity index (χ0v) is 15.1. The van der Waals surface area contributed by atoms with Crippen LogP contribution in [0.2, 0.25) is 0 Å². The van der Waals surface area contributed by atoms with Crippen LogP contribution in [0.15, 0.2) is 47.4 Å². The van der Waals surface area contributed by atoms with Gasteiger partial charge in [0.15, 0.2) is 0 Å². The predicted octanol–water partition coefficient (Wildman–Crippen LogP) is 2.44. The van der Waals surface area contributed by atoms with Gasteiger partial charge in [-0.2, -0.15) is 0 Å². The molecule has 3 rings (SSSR count). The minimum absolute atomic E-state index is 0.00987. The number of sulfonamides is 1. The zero-order chi connectivity index (χ0) is 18.7. The maximum atomic E-state index is 13.7. The van der Waals surface area contributed by atoms with Gasteiger partial charge < -0.3 is 9.64 Å². The SMILES string of the molecule is COc1ccc(S(=O)(=O)NCc2ccccc2F)cc1N1CCCC1=O. The Hall–Kier alpha value is -2.45. The van der Waals surface area contributed by atoms with Gasteiger partial charge in [0.25, 0.3) is 0 Å². The molecule has 2 aromatic rings. The third-order valence-corrected chi connectivity index (χ3v) is 5.63. The number of amides is 1. The Morgan fingerprint density at radius 1 is 1.23 bits per heavy atom. The van der Waals surface area contributed by atoms with Gasteiger partial charge in [0, 0.05) is 25.1 Å². The Morgan fingerprint density at radius 3 is 2.65 bits per heavy atom. The van der Waals surface area contributed by atoms with Gasteiger partial charge in [-0.05, 0) is 30.7 Å². The van der Waals surface area contributed by atoms with E-state index in [1.54, 1.807) is 6.07 Å². The van der Waals surface area contributed by atoms with Gasteiger partial charge in [0.1, 0.15) is 11.6 Å². The van der Waals surface area contributed by atoms with E-state index in [0.29, 0.717) is 30.8 Å². The second-order valence-electron chi connectivity index (χ2n) is 5.90. The monoisotopic (exact) mass is 378 g/mol. The molecule has 1 saturated heterocycles. The third kappa shape index (κ3) is 3.71. The van der Waals surface area contributed by atoms with Gasteiger partial charge in [-0.1, -0.05) is 18.2 Å². The molecule has 138 valence electrons. The highest BCUT2D eigenvalue weighted by Gasteiger charge is 2.26. The highest BCUT2D eigenvalue weighted by molar-refractivity contribution is 7.89. The van der Waals surface area contributed by atoms with Crippen LogP contribution in [0.25, 0.3) is 0 Å². The summed E-state index contributed by atoms with van der Waals surface area (Å²) in [6.45, 7) is 0.348. The van der Waals surface area contributed by atoms with E-state index in [0.717, 1.165) is 0 Å². The summed E-state index contributed by atoms with van der Waals surface area (Å²) in [5, 5.41) is 0. The molecular formula is C18H19FN2O4S. The molecule has 0 bridgehead atoms. The summed E-state index contributed by atoms with van der Waals surface area (Å²) in [6, 6.07) is 10.3. The average Bonchev–Trinajstić information content (AvgIpc) is 3.06. The number of benzene rings is 2. The Labute approximate surface area is 151 Å². The fourth-order valence-corrected chi connectivity index (χ4v) is 3.87. The molecule has 0 atom stereocenters. The van der Waals surface area contributed by atoms with Crippen LogP contribution >= 0.6 is 0 Å². The first kappa shape index (κ1) is 18.3. The summed E-state index contributed by atoms with van der Waals surface area (Å²) in [5.41, 5.74) is 0.670. The first-order valence-corrected chi connectivity index (χ1v) is 9.62. The Bertz CT molecular complexity index is 931. The smallest absolute Gasteiger partial charge is 0.240 e. The Morgan fingerprint density at radius 2 is 2.00 bits per heavy atom. The van der Waals surface area contributed by atoms with Crippen molar-refractivity contribution in [2.75, 3.05) is 18.6 Å². The number of methoxy groups -OCH3 is 1. The molecule has 6 nitrogen and oxygen atoms in total. The number of halogens is 1. The maximum Gasteiger partial charge on any atom is 0.240 e. The van der Waals surface area contributed by atoms with Crippen molar-refractivity contribution in [3.8, 4) is 5.75 Å². The summed E-state index contributed by atoms with van der Waals surface area (Å²) in [4.78, 5) is 13.5. The van der Waals surface area contributed by atoms with Gasteiger partial charge in [0.2, 0.25) is 15.9 Å². The molecular weight excluding hydrogens is 359 g/mol. The minimum atomic E-state index is -3.88. The topological polar surface area (TPSA) is 75.7 Å². The van der Waals surface area contributed by atoms with E-state index in [9.17, 15) is 17.6 Å². The van der Waals surface area contributed by atoms with Crippen LogP contribution in [0.4, 0.5) is 10.1 Å². The standard InChI is InChI=1S/C18H19FN2O4S/c1-25-17-9-8-14(11-16(17)21-10-4-7-18(21)22)26(23,24)20-12-13-5-2-3-6-15(13)19/h2-3,5-6,8-9,11,20H,4,7,10,12H2,1H3. The maximum absolute atomic E-state index is 13.7. The van der Waals surface area contributed by atoms with Crippen molar-refractivity contribution < 1.29 is 22.3 Å². The van der Waals surface area contributed by atoms with Crippen LogP contribution in [0.3, 0.4) is 0 Å². The molecule has 1 heterocycles. The molecule has 0 unspecified atom stereocenters. The fraction of sp³-hybridized carbons (Fsp3) is 0.278. The number of rotatable bonds is 6. The summed E-state index contributed by atoms with van der Waals surface area (Å²) < 4.78 is 46.5. The molecule has 0 aliphatic carbocycles. The molecule has 1 amide bonds. The normalized spacial score (nSPS) is 14.7. The van der Waals surface area contributed by atoms with E-state index in [1.165, 1.54) is 48.4 Å². The van der Waals surface area contributed by atoms with E-state index in [-0.39, 0.29) is 22.9 Å². The van der Waals surface area contributed by atoms with Gasteiger partial charge in [0.05, 0.1) is 17.7 Å². The van der Waals surface area contributed by atoms with Crippen molar-refractivity contribution >= 4 is 21.6 Å². The van der Waals surface area contributed by atoms with E-state index in [1.807, 2.05) is 0 Å². The van der Waals surface area contributed by atoms with Crippen molar-refractivity contribution in [1.29, 1.82) is 0 Å². The molecule has 0 saturated carbocycles. The second kappa shape index (κ2) is 7.43. The number of hydrogen-bond donors (Lipinski definition) is 1. The molecule has 1 N–H and O–H groups in total. The van der Waals surface area contributed by atoms with E-state index < -0.39 is 15.8 Å². The van der Waals surface area contributed by atoms with Crippen LogP contribution in [-0.4, -0.2) is 28.0 Å². The fourth-order valence-electron chi connectivity index (χ4n) is 2.85. The first-order valence-electron chi connectivity index (χ1n) is 8.14. The van der Waals surface area contributed by atoms with Crippen molar-refractivity contribution in [2.24, 2.45) is 0 Å². The number of hydrogen-bond acceptors (Lipinski definition) is 4. The molecule has 26 heavy (non-hydrogen) atoms. The molecule has 0 spiro atoms. The van der Waals surface area contributed by atoms with Crippen molar-refractivity contribution in [1.82, 2.24) is 4.72 Å². The van der Waals surface area contributed by atoms with Crippen molar-refractivity contribution in [3.05, 3.63) is 53.8 Å². The van der Waals surface area contributed by atoms with Crippen LogP contribution in [0.1, 0.15) is 18.4 Å². The molecule has 2 aromatic carbocycles. The first-order chi connectivity index (χ1) is 12.4. The van der Waals surface area contributed by atoms with Crippen LogP contribution in [0, 0.1) is 5.82 Å². The van der Waals surface area contributed by atoms with E-state index in [4.69, 9.17) is 4.74 Å². The lowest BCUT2D eigenvalue weighted by Crippen LogP contribution is -2.26. The molecule has 1 fully saturated rings. The highest BCUT2D eigenvalue weighted by Crippen LogP contribution is 2.33. The quantitative estimate of drug-likeness (QED) is 0.838. The molecule has 1 aliphatic rings. The number of anilines is 1. The highest BCUT2D eigenvalue weighted by atomic mass is 32.2. The van der Waals surface area contributed by atoms with Crippen LogP contribution in [0.5, 0.6) is 5.75 Å². The molecule has 0 radical (unpaired) electrons. The lowest BCUT2D eigenvalue weighted by molar-refractivity contribution is -0.117. The number of ether oxygens (including phenoxy) is 1. The van der Waals surface area contributed by atoms with Gasteiger partial charge in [-0.3, -0.25) is 4.79 Å². The zero-order valence-electron chi connectivity index (χ0n) is 14.2. The lowest BCUT2D eigenvalue weighted by Gasteiger charge is -2.20. The van der Waals surface area contributed by atoms with E-state index in [2.05, 4.69) is 4.72 Å². The second-order valence-corrected chi connectivity index (χ2v) is 7.67. The summed E-state index contributed by atoms with van der Waals surface area (Å²) in [6.07, 6.45) is 1.14. The third-order valence-electron chi connectivity index (χ3n) is 4.24. The number of nitrogens with one attached hydrogen (secondary N) is 1. The van der Waals surface area contributed by atoms with E-state index >= 15 is 0 Å². The number of nitrogens with zero attached hydrogens (tertiary/aromatic N) is 1. The van der Waals surface area contributed by atoms with Gasteiger partial charge in [-0.15, -0.1) is 0 Å². The average molecular weight is 378 g/mol.